The SMILES string of the molecule is C=C(C(=O)N1CCCCC1C(=O)OCCNc1ccc([N+](=O)[O-])c2c1NON2)C1CCCCC1. The second kappa shape index (κ2) is 10.7. The summed E-state index contributed by atoms with van der Waals surface area (Å²) in [6.45, 7) is 4.99. The van der Waals surface area contributed by atoms with E-state index >= 15 is 0 Å². The maximum absolute atomic E-state index is 13.1. The molecule has 3 N–H and O–H groups in total. The first-order valence-electron chi connectivity index (χ1n) is 11.9. The quantitative estimate of drug-likeness (QED) is 0.170. The third-order valence-corrected chi connectivity index (χ3v) is 6.76. The number of hydrogen-bond donors (Lipinski definition) is 3. The Morgan fingerprint density at radius 3 is 2.65 bits per heavy atom. The summed E-state index contributed by atoms with van der Waals surface area (Å²) in [5.41, 5.74) is 6.76. The standard InChI is InChI=1S/C23H31N5O6/c1-15(16-7-3-2-4-8-16)22(29)27-13-6-5-9-19(27)23(30)33-14-12-24-17-10-11-18(28(31)32)21-20(17)25-34-26-21/h10-11,16,19,24-26H,1-9,12-14H2. The number of esters is 1. The van der Waals surface area contributed by atoms with Crippen LogP contribution in [0.1, 0.15) is 51.4 Å². The van der Waals surface area contributed by atoms with E-state index in [0.29, 0.717) is 29.9 Å². The molecule has 2 aliphatic heterocycles. The zero-order valence-corrected chi connectivity index (χ0v) is 19.1. The van der Waals surface area contributed by atoms with Crippen molar-refractivity contribution < 1.29 is 24.2 Å². The molecule has 0 spiro atoms. The highest BCUT2D eigenvalue weighted by Gasteiger charge is 2.36. The molecule has 1 amide bonds. The smallest absolute Gasteiger partial charge is 0.328 e. The van der Waals surface area contributed by atoms with Crippen molar-refractivity contribution in [1.29, 1.82) is 0 Å². The summed E-state index contributed by atoms with van der Waals surface area (Å²) >= 11 is 0. The highest BCUT2D eigenvalue weighted by Crippen LogP contribution is 2.41. The molecule has 11 heteroatoms. The van der Waals surface area contributed by atoms with Crippen molar-refractivity contribution in [2.75, 3.05) is 36.0 Å². The number of anilines is 3. The second-order valence-corrected chi connectivity index (χ2v) is 8.91. The van der Waals surface area contributed by atoms with Gasteiger partial charge in [-0.3, -0.25) is 14.9 Å². The lowest BCUT2D eigenvalue weighted by atomic mass is 9.83. The van der Waals surface area contributed by atoms with Crippen LogP contribution in [0.15, 0.2) is 24.3 Å². The lowest BCUT2D eigenvalue weighted by molar-refractivity contribution is -0.384. The number of fused-ring (bicyclic) bond motifs is 1. The highest BCUT2D eigenvalue weighted by atomic mass is 16.8. The summed E-state index contributed by atoms with van der Waals surface area (Å²) in [6, 6.07) is 2.33. The first-order chi connectivity index (χ1) is 16.5. The van der Waals surface area contributed by atoms with Crippen molar-refractivity contribution in [2.45, 2.75) is 57.4 Å². The van der Waals surface area contributed by atoms with E-state index in [4.69, 9.17) is 9.68 Å². The normalized spacial score (nSPS) is 20.0. The van der Waals surface area contributed by atoms with Gasteiger partial charge in [0.1, 0.15) is 18.3 Å². The number of amides is 1. The molecule has 1 atom stereocenters. The number of carbonyl (C=O) groups is 2. The number of ether oxygens (including phenoxy) is 1. The molecule has 1 aliphatic carbocycles. The van der Waals surface area contributed by atoms with E-state index in [0.717, 1.165) is 38.5 Å². The van der Waals surface area contributed by atoms with Crippen molar-refractivity contribution in [1.82, 2.24) is 4.90 Å². The van der Waals surface area contributed by atoms with Crippen molar-refractivity contribution >= 4 is 34.6 Å². The maximum Gasteiger partial charge on any atom is 0.328 e. The number of nitro groups is 1. The third-order valence-electron chi connectivity index (χ3n) is 6.76. The fraction of sp³-hybridized carbons (Fsp3) is 0.565. The van der Waals surface area contributed by atoms with Gasteiger partial charge in [0, 0.05) is 24.7 Å². The van der Waals surface area contributed by atoms with Gasteiger partial charge < -0.3 is 15.0 Å². The van der Waals surface area contributed by atoms with Crippen molar-refractivity contribution in [3.63, 3.8) is 0 Å². The second-order valence-electron chi connectivity index (χ2n) is 8.91. The number of hydrogen-bond acceptors (Lipinski definition) is 9. The van der Waals surface area contributed by atoms with E-state index in [1.807, 2.05) is 0 Å². The van der Waals surface area contributed by atoms with E-state index < -0.39 is 16.9 Å². The minimum Gasteiger partial charge on any atom is -0.462 e. The van der Waals surface area contributed by atoms with Crippen LogP contribution in [-0.2, 0) is 19.3 Å². The Hall–Kier alpha value is -3.34. The summed E-state index contributed by atoms with van der Waals surface area (Å²) in [4.78, 5) is 43.2. The molecule has 1 aromatic carbocycles. The van der Waals surface area contributed by atoms with Crippen LogP contribution in [0.3, 0.4) is 0 Å². The Balaban J connectivity index is 1.30. The summed E-state index contributed by atoms with van der Waals surface area (Å²) in [5, 5.41) is 14.2. The first-order valence-corrected chi connectivity index (χ1v) is 11.9. The Morgan fingerprint density at radius 2 is 1.88 bits per heavy atom. The number of nitro benzene ring substituents is 1. The Kier molecular flexibility index (Phi) is 7.51. The minimum absolute atomic E-state index is 0.0843. The van der Waals surface area contributed by atoms with Crippen molar-refractivity contribution in [3.05, 3.63) is 34.4 Å². The molecule has 2 fully saturated rings. The number of benzene rings is 1. The van der Waals surface area contributed by atoms with Crippen LogP contribution in [0.5, 0.6) is 0 Å². The Morgan fingerprint density at radius 1 is 1.15 bits per heavy atom. The van der Waals surface area contributed by atoms with E-state index in [1.165, 1.54) is 12.5 Å². The largest absolute Gasteiger partial charge is 0.462 e. The van der Waals surface area contributed by atoms with Gasteiger partial charge in [-0.05, 0) is 44.1 Å². The predicted octanol–water partition coefficient (Wildman–Crippen LogP) is 3.75. The molecular weight excluding hydrogens is 442 g/mol. The molecule has 1 aromatic rings. The van der Waals surface area contributed by atoms with Gasteiger partial charge in [0.15, 0.2) is 5.69 Å². The van der Waals surface area contributed by atoms with Gasteiger partial charge in [-0.1, -0.05) is 25.8 Å². The van der Waals surface area contributed by atoms with Crippen LogP contribution < -0.4 is 16.3 Å². The third kappa shape index (κ3) is 5.09. The van der Waals surface area contributed by atoms with Gasteiger partial charge in [-0.15, -0.1) is 0 Å². The van der Waals surface area contributed by atoms with Crippen LogP contribution in [0.4, 0.5) is 22.7 Å². The van der Waals surface area contributed by atoms with Crippen molar-refractivity contribution in [3.8, 4) is 0 Å². The number of carbonyl (C=O) groups excluding carboxylic acids is 2. The van der Waals surface area contributed by atoms with Crippen LogP contribution in [0.2, 0.25) is 0 Å². The minimum atomic E-state index is -0.593. The number of nitrogens with one attached hydrogen (secondary N) is 3. The van der Waals surface area contributed by atoms with Gasteiger partial charge in [0.05, 0.1) is 10.6 Å². The van der Waals surface area contributed by atoms with E-state index in [9.17, 15) is 19.7 Å². The summed E-state index contributed by atoms with van der Waals surface area (Å²) in [7, 11) is 0. The monoisotopic (exact) mass is 473 g/mol. The molecular formula is C23H31N5O6. The summed E-state index contributed by atoms with van der Waals surface area (Å²) < 4.78 is 5.49. The molecule has 34 heavy (non-hydrogen) atoms. The van der Waals surface area contributed by atoms with Crippen LogP contribution in [0, 0.1) is 16.0 Å². The molecule has 1 saturated carbocycles. The van der Waals surface area contributed by atoms with Gasteiger partial charge in [-0.25, -0.2) is 15.8 Å². The highest BCUT2D eigenvalue weighted by molar-refractivity contribution is 5.96. The zero-order valence-electron chi connectivity index (χ0n) is 19.1. The first kappa shape index (κ1) is 23.8. The Labute approximate surface area is 197 Å². The molecule has 184 valence electrons. The molecule has 2 heterocycles. The van der Waals surface area contributed by atoms with E-state index in [2.05, 4.69) is 22.9 Å². The van der Waals surface area contributed by atoms with Gasteiger partial charge in [0.2, 0.25) is 5.91 Å². The molecule has 0 radical (unpaired) electrons. The van der Waals surface area contributed by atoms with E-state index in [1.54, 1.807) is 11.0 Å². The summed E-state index contributed by atoms with van der Waals surface area (Å²) in [6.07, 6.45) is 7.72. The van der Waals surface area contributed by atoms with Crippen LogP contribution >= 0.6 is 0 Å². The van der Waals surface area contributed by atoms with Crippen LogP contribution in [0.25, 0.3) is 0 Å². The molecule has 11 nitrogen and oxygen atoms in total. The molecule has 1 saturated heterocycles. The lowest BCUT2D eigenvalue weighted by Crippen LogP contribution is -2.49. The van der Waals surface area contributed by atoms with Crippen LogP contribution in [-0.4, -0.2) is 47.4 Å². The maximum atomic E-state index is 13.1. The molecule has 3 aliphatic rings. The number of rotatable bonds is 8. The fourth-order valence-corrected chi connectivity index (χ4v) is 4.89. The average molecular weight is 474 g/mol. The predicted molar refractivity (Wildman–Crippen MR) is 126 cm³/mol. The number of piperidine rings is 1. The molecule has 1 unspecified atom stereocenters. The molecule has 4 rings (SSSR count). The summed E-state index contributed by atoms with van der Waals surface area (Å²) in [5.74, 6) is -0.324. The topological polar surface area (TPSA) is 135 Å². The van der Waals surface area contributed by atoms with Gasteiger partial charge >= 0.3 is 5.97 Å². The Bertz CT molecular complexity index is 961. The average Bonchev–Trinajstić information content (AvgIpc) is 3.36. The fourth-order valence-electron chi connectivity index (χ4n) is 4.89. The van der Waals surface area contributed by atoms with Gasteiger partial charge in [-0.2, -0.15) is 4.94 Å². The molecule has 0 bridgehead atoms. The molecule has 0 aromatic heterocycles. The zero-order chi connectivity index (χ0) is 24.1. The van der Waals surface area contributed by atoms with E-state index in [-0.39, 0.29) is 36.4 Å². The van der Waals surface area contributed by atoms with Gasteiger partial charge in [0.25, 0.3) is 5.69 Å². The van der Waals surface area contributed by atoms with Crippen molar-refractivity contribution in [2.24, 2.45) is 5.92 Å². The number of nitrogens with zero attached hydrogens (tertiary/aromatic N) is 2. The number of likely N-dealkylation sites (tertiary alicyclic amines) is 1. The lowest BCUT2D eigenvalue weighted by Gasteiger charge is -2.36.